The third kappa shape index (κ3) is 2.14. The van der Waals surface area contributed by atoms with Crippen molar-refractivity contribution in [1.82, 2.24) is 9.55 Å². The molecule has 0 radical (unpaired) electrons. The van der Waals surface area contributed by atoms with E-state index >= 15 is 0 Å². The zero-order chi connectivity index (χ0) is 12.7. The number of aromatic nitrogens is 2. The fourth-order valence-electron chi connectivity index (χ4n) is 1.98. The van der Waals surface area contributed by atoms with Crippen molar-refractivity contribution >= 4 is 45.4 Å². The summed E-state index contributed by atoms with van der Waals surface area (Å²) >= 11 is 13.9. The lowest BCUT2D eigenvalue weighted by atomic mass is 10.2. The number of hydrogen-bond donors (Lipinski definition) is 0. The summed E-state index contributed by atoms with van der Waals surface area (Å²) in [5.74, 6) is 0. The van der Waals surface area contributed by atoms with Crippen LogP contribution in [0.25, 0.3) is 10.9 Å². The molecule has 2 nitrogen and oxygen atoms in total. The van der Waals surface area contributed by atoms with Crippen LogP contribution in [0.1, 0.15) is 10.7 Å². The molecule has 3 rings (SSSR count). The van der Waals surface area contributed by atoms with Crippen LogP contribution < -0.4 is 0 Å². The molecule has 0 aliphatic heterocycles. The molecule has 0 unspecified atom stereocenters. The number of aryl methyl sites for hydroxylation is 1. The predicted molar refractivity (Wildman–Crippen MR) is 77.9 cm³/mol. The highest BCUT2D eigenvalue weighted by Crippen LogP contribution is 2.29. The molecule has 0 spiro atoms. The third-order valence-corrected chi connectivity index (χ3v) is 4.26. The van der Waals surface area contributed by atoms with E-state index in [1.807, 2.05) is 25.3 Å². The number of rotatable bonds is 2. The minimum atomic E-state index is 0.655. The fraction of sp³-hybridized carbons (Fsp3) is 0.154. The van der Waals surface area contributed by atoms with Crippen LogP contribution >= 0.6 is 34.5 Å². The van der Waals surface area contributed by atoms with Gasteiger partial charge in [-0.15, -0.1) is 11.3 Å². The quantitative estimate of drug-likeness (QED) is 0.666. The number of benzene rings is 1. The van der Waals surface area contributed by atoms with Crippen LogP contribution in [-0.2, 0) is 6.54 Å². The van der Waals surface area contributed by atoms with E-state index in [1.54, 1.807) is 17.4 Å². The fourth-order valence-corrected chi connectivity index (χ4v) is 3.29. The summed E-state index contributed by atoms with van der Waals surface area (Å²) in [6.45, 7) is 2.75. The van der Waals surface area contributed by atoms with Crippen LogP contribution in [0, 0.1) is 6.92 Å². The second-order valence-corrected chi connectivity index (χ2v) is 5.93. The van der Waals surface area contributed by atoms with Crippen molar-refractivity contribution < 1.29 is 0 Å². The summed E-state index contributed by atoms with van der Waals surface area (Å²) in [6.07, 6.45) is 2.02. The molecule has 0 saturated carbocycles. The first kappa shape index (κ1) is 12.0. The maximum absolute atomic E-state index is 6.17. The monoisotopic (exact) mass is 296 g/mol. The molecular weight excluding hydrogens is 287 g/mol. The summed E-state index contributed by atoms with van der Waals surface area (Å²) in [5.41, 5.74) is 2.10. The van der Waals surface area contributed by atoms with Crippen molar-refractivity contribution in [2.24, 2.45) is 0 Å². The van der Waals surface area contributed by atoms with Crippen molar-refractivity contribution in [3.8, 4) is 0 Å². The van der Waals surface area contributed by atoms with Gasteiger partial charge in [0.25, 0.3) is 0 Å². The molecule has 0 bridgehead atoms. The average Bonchev–Trinajstić information content (AvgIpc) is 2.87. The molecule has 3 aromatic rings. The van der Waals surface area contributed by atoms with Crippen LogP contribution in [0.3, 0.4) is 0 Å². The first-order valence-electron chi connectivity index (χ1n) is 5.48. The van der Waals surface area contributed by atoms with Crippen molar-refractivity contribution in [2.45, 2.75) is 13.5 Å². The summed E-state index contributed by atoms with van der Waals surface area (Å²) in [5, 5.41) is 5.51. The number of fused-ring (bicyclic) bond motifs is 1. The van der Waals surface area contributed by atoms with Gasteiger partial charge >= 0.3 is 0 Å². The highest BCUT2D eigenvalue weighted by molar-refractivity contribution is 7.09. The van der Waals surface area contributed by atoms with Crippen LogP contribution in [0.5, 0.6) is 0 Å². The number of hydrogen-bond acceptors (Lipinski definition) is 2. The lowest BCUT2D eigenvalue weighted by Crippen LogP contribution is -1.97. The Bertz CT molecular complexity index is 715. The number of halogens is 2. The maximum atomic E-state index is 6.17. The van der Waals surface area contributed by atoms with Gasteiger partial charge in [0.2, 0.25) is 0 Å². The predicted octanol–water partition coefficient (Wildman–Crippen LogP) is 4.76. The van der Waals surface area contributed by atoms with E-state index in [-0.39, 0.29) is 0 Å². The van der Waals surface area contributed by atoms with E-state index in [4.69, 9.17) is 23.2 Å². The van der Waals surface area contributed by atoms with Gasteiger partial charge < -0.3 is 4.57 Å². The highest BCUT2D eigenvalue weighted by Gasteiger charge is 2.08. The van der Waals surface area contributed by atoms with Gasteiger partial charge in [0.1, 0.15) is 5.01 Å². The van der Waals surface area contributed by atoms with E-state index in [9.17, 15) is 0 Å². The summed E-state index contributed by atoms with van der Waals surface area (Å²) < 4.78 is 2.12. The lowest BCUT2D eigenvalue weighted by Gasteiger charge is -2.04. The molecule has 0 N–H and O–H groups in total. The third-order valence-electron chi connectivity index (χ3n) is 2.78. The molecule has 5 heteroatoms. The van der Waals surface area contributed by atoms with Gasteiger partial charge in [-0.1, -0.05) is 23.2 Å². The van der Waals surface area contributed by atoms with E-state index < -0.39 is 0 Å². The Kier molecular flexibility index (Phi) is 3.06. The second-order valence-electron chi connectivity index (χ2n) is 4.15. The normalized spacial score (nSPS) is 11.3. The highest BCUT2D eigenvalue weighted by atomic mass is 35.5. The smallest absolute Gasteiger partial charge is 0.113 e. The van der Waals surface area contributed by atoms with Crippen molar-refractivity contribution in [3.63, 3.8) is 0 Å². The Hall–Kier alpha value is -1.03. The van der Waals surface area contributed by atoms with E-state index in [0.717, 1.165) is 28.1 Å². The number of thiazole rings is 1. The zero-order valence-corrected chi connectivity index (χ0v) is 12.0. The van der Waals surface area contributed by atoms with Gasteiger partial charge in [0.15, 0.2) is 0 Å². The maximum Gasteiger partial charge on any atom is 0.113 e. The molecule has 0 aliphatic carbocycles. The van der Waals surface area contributed by atoms with Crippen LogP contribution in [-0.4, -0.2) is 9.55 Å². The lowest BCUT2D eigenvalue weighted by molar-refractivity contribution is 0.825. The molecule has 0 atom stereocenters. The Morgan fingerprint density at radius 2 is 2.17 bits per heavy atom. The van der Waals surface area contributed by atoms with Gasteiger partial charge in [-0.05, 0) is 25.1 Å². The van der Waals surface area contributed by atoms with Gasteiger partial charge in [-0.25, -0.2) is 4.98 Å². The summed E-state index contributed by atoms with van der Waals surface area (Å²) in [4.78, 5) is 4.47. The topological polar surface area (TPSA) is 17.8 Å². The van der Waals surface area contributed by atoms with Crippen LogP contribution in [0.15, 0.2) is 29.8 Å². The van der Waals surface area contributed by atoms with Crippen LogP contribution in [0.4, 0.5) is 0 Å². The van der Waals surface area contributed by atoms with Gasteiger partial charge in [-0.2, -0.15) is 0 Å². The second kappa shape index (κ2) is 4.57. The Balaban J connectivity index is 2.07. The molecule has 0 amide bonds. The standard InChI is InChI=1S/C13H10Cl2N2S/c1-8-7-18-13(16-8)6-17-3-2-10-11(15)4-9(14)5-12(10)17/h2-5,7H,6H2,1H3. The Morgan fingerprint density at radius 3 is 2.89 bits per heavy atom. The zero-order valence-electron chi connectivity index (χ0n) is 9.65. The minimum Gasteiger partial charge on any atom is -0.341 e. The van der Waals surface area contributed by atoms with E-state index in [0.29, 0.717) is 10.0 Å². The van der Waals surface area contributed by atoms with E-state index in [2.05, 4.69) is 14.9 Å². The first-order chi connectivity index (χ1) is 8.63. The molecule has 2 aromatic heterocycles. The molecule has 1 aromatic carbocycles. The van der Waals surface area contributed by atoms with Crippen molar-refractivity contribution in [3.05, 3.63) is 50.5 Å². The molecular formula is C13H10Cl2N2S. The van der Waals surface area contributed by atoms with Gasteiger partial charge in [-0.3, -0.25) is 0 Å². The first-order valence-corrected chi connectivity index (χ1v) is 7.12. The molecule has 0 aliphatic rings. The molecule has 0 saturated heterocycles. The largest absolute Gasteiger partial charge is 0.341 e. The molecule has 2 heterocycles. The summed E-state index contributed by atoms with van der Waals surface area (Å²) in [7, 11) is 0. The SMILES string of the molecule is Cc1csc(Cn2ccc3c(Cl)cc(Cl)cc32)n1. The van der Waals surface area contributed by atoms with Gasteiger partial charge in [0, 0.05) is 27.7 Å². The Labute approximate surface area is 119 Å². The van der Waals surface area contributed by atoms with Crippen molar-refractivity contribution in [1.29, 1.82) is 0 Å². The van der Waals surface area contributed by atoms with Crippen molar-refractivity contribution in [2.75, 3.05) is 0 Å². The average molecular weight is 297 g/mol. The molecule has 92 valence electrons. The summed E-state index contributed by atoms with van der Waals surface area (Å²) in [6, 6.07) is 5.71. The Morgan fingerprint density at radius 1 is 1.33 bits per heavy atom. The molecule has 18 heavy (non-hydrogen) atoms. The number of nitrogens with zero attached hydrogens (tertiary/aromatic N) is 2. The molecule has 0 fully saturated rings. The minimum absolute atomic E-state index is 0.655. The van der Waals surface area contributed by atoms with Crippen LogP contribution in [0.2, 0.25) is 10.0 Å². The van der Waals surface area contributed by atoms with E-state index in [1.165, 1.54) is 0 Å². The van der Waals surface area contributed by atoms with Gasteiger partial charge in [0.05, 0.1) is 17.1 Å².